The first-order valence-electron chi connectivity index (χ1n) is 9.47. The highest BCUT2D eigenvalue weighted by Gasteiger charge is 2.08. The molecule has 0 radical (unpaired) electrons. The van der Waals surface area contributed by atoms with Gasteiger partial charge in [-0.05, 0) is 54.8 Å². The first-order chi connectivity index (χ1) is 13.5. The number of ether oxygens (including phenoxy) is 2. The third-order valence-electron chi connectivity index (χ3n) is 3.83. The summed E-state index contributed by atoms with van der Waals surface area (Å²) in [4.78, 5) is 24.1. The summed E-state index contributed by atoms with van der Waals surface area (Å²) in [5.74, 6) is 1.44. The smallest absolute Gasteiger partial charge is 0.251 e. The molecule has 2 N–H and O–H groups in total. The Kier molecular flexibility index (Phi) is 8.34. The Balaban J connectivity index is 1.72. The van der Waals surface area contributed by atoms with E-state index >= 15 is 0 Å². The van der Waals surface area contributed by atoms with Crippen molar-refractivity contribution in [3.8, 4) is 11.5 Å². The van der Waals surface area contributed by atoms with E-state index in [2.05, 4.69) is 24.5 Å². The van der Waals surface area contributed by atoms with E-state index in [-0.39, 0.29) is 18.4 Å². The number of benzene rings is 2. The summed E-state index contributed by atoms with van der Waals surface area (Å²) in [5, 5.41) is 5.40. The van der Waals surface area contributed by atoms with E-state index in [9.17, 15) is 9.59 Å². The van der Waals surface area contributed by atoms with Crippen molar-refractivity contribution >= 4 is 11.8 Å². The van der Waals surface area contributed by atoms with Crippen LogP contribution in [-0.2, 0) is 11.3 Å². The fourth-order valence-corrected chi connectivity index (χ4v) is 2.36. The van der Waals surface area contributed by atoms with Crippen LogP contribution < -0.4 is 20.1 Å². The Morgan fingerprint density at radius 1 is 0.893 bits per heavy atom. The quantitative estimate of drug-likeness (QED) is 0.660. The van der Waals surface area contributed by atoms with Gasteiger partial charge in [0.05, 0.1) is 19.8 Å². The second-order valence-electron chi connectivity index (χ2n) is 6.77. The van der Waals surface area contributed by atoms with Crippen molar-refractivity contribution in [2.24, 2.45) is 5.92 Å². The normalized spacial score (nSPS) is 10.4. The molecule has 0 aliphatic heterocycles. The number of nitrogens with one attached hydrogen (secondary N) is 2. The number of carbonyl (C=O) groups excluding carboxylic acids is 2. The molecule has 0 spiro atoms. The molecule has 0 aliphatic rings. The molecule has 0 aromatic heterocycles. The van der Waals surface area contributed by atoms with Gasteiger partial charge in [0.15, 0.2) is 0 Å². The second kappa shape index (κ2) is 11.0. The molecule has 28 heavy (non-hydrogen) atoms. The van der Waals surface area contributed by atoms with Gasteiger partial charge in [-0.25, -0.2) is 0 Å². The lowest BCUT2D eigenvalue weighted by molar-refractivity contribution is -0.120. The van der Waals surface area contributed by atoms with Crippen LogP contribution in [0.1, 0.15) is 36.7 Å². The molecule has 2 aromatic rings. The summed E-state index contributed by atoms with van der Waals surface area (Å²) in [6, 6.07) is 14.4. The Labute approximate surface area is 166 Å². The van der Waals surface area contributed by atoms with E-state index in [1.807, 2.05) is 31.2 Å². The molecule has 0 saturated heterocycles. The largest absolute Gasteiger partial charge is 0.494 e. The number of carbonyl (C=O) groups is 2. The van der Waals surface area contributed by atoms with Crippen LogP contribution in [0, 0.1) is 5.92 Å². The van der Waals surface area contributed by atoms with Crippen LogP contribution in [-0.4, -0.2) is 31.6 Å². The SMILES string of the molecule is CCOc1ccc(C(=O)NCC(=O)NCc2ccc(OCC(C)C)cc2)cc1. The minimum Gasteiger partial charge on any atom is -0.494 e. The molecule has 0 unspecified atom stereocenters. The lowest BCUT2D eigenvalue weighted by atomic mass is 10.2. The van der Waals surface area contributed by atoms with E-state index in [4.69, 9.17) is 9.47 Å². The third kappa shape index (κ3) is 7.31. The van der Waals surface area contributed by atoms with Crippen LogP contribution in [0.4, 0.5) is 0 Å². The molecular formula is C22H28N2O4. The minimum atomic E-state index is -0.301. The van der Waals surface area contributed by atoms with Crippen molar-refractivity contribution < 1.29 is 19.1 Å². The van der Waals surface area contributed by atoms with Crippen LogP contribution >= 0.6 is 0 Å². The third-order valence-corrected chi connectivity index (χ3v) is 3.83. The van der Waals surface area contributed by atoms with Gasteiger partial charge in [0, 0.05) is 12.1 Å². The average Bonchev–Trinajstić information content (AvgIpc) is 2.70. The lowest BCUT2D eigenvalue weighted by Gasteiger charge is -2.10. The molecule has 2 amide bonds. The molecule has 2 aromatic carbocycles. The van der Waals surface area contributed by atoms with Crippen molar-refractivity contribution in [2.45, 2.75) is 27.3 Å². The van der Waals surface area contributed by atoms with Crippen molar-refractivity contribution in [3.63, 3.8) is 0 Å². The van der Waals surface area contributed by atoms with Crippen LogP contribution in [0.3, 0.4) is 0 Å². The maximum atomic E-state index is 12.1. The van der Waals surface area contributed by atoms with Gasteiger partial charge in [-0.15, -0.1) is 0 Å². The average molecular weight is 384 g/mol. The first kappa shape index (κ1) is 21.3. The highest BCUT2D eigenvalue weighted by molar-refractivity contribution is 5.96. The molecule has 2 rings (SSSR count). The molecule has 0 atom stereocenters. The molecule has 0 heterocycles. The van der Waals surface area contributed by atoms with Crippen molar-refractivity contribution in [1.82, 2.24) is 10.6 Å². The summed E-state index contributed by atoms with van der Waals surface area (Å²) >= 11 is 0. The van der Waals surface area contributed by atoms with E-state index in [0.29, 0.717) is 37.0 Å². The van der Waals surface area contributed by atoms with Gasteiger partial charge in [0.25, 0.3) is 5.91 Å². The molecule has 150 valence electrons. The van der Waals surface area contributed by atoms with Gasteiger partial charge < -0.3 is 20.1 Å². The van der Waals surface area contributed by atoms with Gasteiger partial charge in [0.2, 0.25) is 5.91 Å². The monoisotopic (exact) mass is 384 g/mol. The fourth-order valence-electron chi connectivity index (χ4n) is 2.36. The fraction of sp³-hybridized carbons (Fsp3) is 0.364. The van der Waals surface area contributed by atoms with Gasteiger partial charge in [-0.1, -0.05) is 26.0 Å². The number of rotatable bonds is 10. The van der Waals surface area contributed by atoms with E-state index in [1.165, 1.54) is 0 Å². The van der Waals surface area contributed by atoms with Crippen molar-refractivity contribution in [3.05, 3.63) is 59.7 Å². The van der Waals surface area contributed by atoms with Gasteiger partial charge >= 0.3 is 0 Å². The zero-order chi connectivity index (χ0) is 20.4. The van der Waals surface area contributed by atoms with Crippen LogP contribution in [0.25, 0.3) is 0 Å². The summed E-state index contributed by atoms with van der Waals surface area (Å²) in [6.07, 6.45) is 0. The predicted molar refractivity (Wildman–Crippen MR) is 109 cm³/mol. The summed E-state index contributed by atoms with van der Waals surface area (Å²) < 4.78 is 11.0. The second-order valence-corrected chi connectivity index (χ2v) is 6.77. The summed E-state index contributed by atoms with van der Waals surface area (Å²) in [7, 11) is 0. The molecule has 0 fully saturated rings. The van der Waals surface area contributed by atoms with Gasteiger partial charge in [-0.3, -0.25) is 9.59 Å². The molecule has 0 saturated carbocycles. The molecule has 0 aliphatic carbocycles. The van der Waals surface area contributed by atoms with Crippen molar-refractivity contribution in [2.75, 3.05) is 19.8 Å². The van der Waals surface area contributed by atoms with Crippen molar-refractivity contribution in [1.29, 1.82) is 0 Å². The number of hydrogen-bond acceptors (Lipinski definition) is 4. The van der Waals surface area contributed by atoms with Crippen LogP contribution in [0.5, 0.6) is 11.5 Å². The highest BCUT2D eigenvalue weighted by Crippen LogP contribution is 2.13. The zero-order valence-corrected chi connectivity index (χ0v) is 16.7. The molecular weight excluding hydrogens is 356 g/mol. The van der Waals surface area contributed by atoms with Gasteiger partial charge in [-0.2, -0.15) is 0 Å². The Morgan fingerprint density at radius 2 is 1.50 bits per heavy atom. The highest BCUT2D eigenvalue weighted by atomic mass is 16.5. The molecule has 0 bridgehead atoms. The summed E-state index contributed by atoms with van der Waals surface area (Å²) in [5.41, 5.74) is 1.44. The number of hydrogen-bond donors (Lipinski definition) is 2. The predicted octanol–water partition coefficient (Wildman–Crippen LogP) is 3.17. The standard InChI is InChI=1S/C22H28N2O4/c1-4-27-19-11-7-18(8-12-19)22(26)24-14-21(25)23-13-17-5-9-20(10-6-17)28-15-16(2)3/h5-12,16H,4,13-15H2,1-3H3,(H,23,25)(H,24,26). The van der Waals surface area contributed by atoms with Crippen LogP contribution in [0.15, 0.2) is 48.5 Å². The maximum Gasteiger partial charge on any atom is 0.251 e. The Bertz CT molecular complexity index is 755. The van der Waals surface area contributed by atoms with E-state index in [0.717, 1.165) is 11.3 Å². The topological polar surface area (TPSA) is 76.7 Å². The minimum absolute atomic E-state index is 0.0817. The zero-order valence-electron chi connectivity index (χ0n) is 16.7. The Morgan fingerprint density at radius 3 is 2.11 bits per heavy atom. The lowest BCUT2D eigenvalue weighted by Crippen LogP contribution is -2.36. The molecule has 6 nitrogen and oxygen atoms in total. The summed E-state index contributed by atoms with van der Waals surface area (Å²) in [6.45, 7) is 7.64. The maximum absolute atomic E-state index is 12.1. The van der Waals surface area contributed by atoms with Gasteiger partial charge in [0.1, 0.15) is 11.5 Å². The molecule has 6 heteroatoms. The van der Waals surface area contributed by atoms with E-state index in [1.54, 1.807) is 24.3 Å². The van der Waals surface area contributed by atoms with E-state index < -0.39 is 0 Å². The number of amides is 2. The Hall–Kier alpha value is -3.02. The first-order valence-corrected chi connectivity index (χ1v) is 9.47. The van der Waals surface area contributed by atoms with Crippen LogP contribution in [0.2, 0.25) is 0 Å².